The molecule has 1 heterocycles. The highest BCUT2D eigenvalue weighted by molar-refractivity contribution is 5.93. The molecule has 1 amide bonds. The molecular weight excluding hydrogens is 242 g/mol. The molecule has 0 radical (unpaired) electrons. The van der Waals surface area contributed by atoms with Gasteiger partial charge in [-0.15, -0.1) is 0 Å². The molecule has 1 fully saturated rings. The number of hydrogen-bond donors (Lipinski definition) is 3. The summed E-state index contributed by atoms with van der Waals surface area (Å²) in [5, 5.41) is 15.8. The van der Waals surface area contributed by atoms with Crippen molar-refractivity contribution in [1.29, 1.82) is 0 Å². The van der Waals surface area contributed by atoms with Crippen LogP contribution < -0.4 is 10.6 Å². The third kappa shape index (κ3) is 3.94. The zero-order valence-electron chi connectivity index (χ0n) is 11.3. The van der Waals surface area contributed by atoms with Crippen LogP contribution in [0, 0.1) is 0 Å². The molecule has 5 nitrogen and oxygen atoms in total. The Morgan fingerprint density at radius 2 is 2.16 bits per heavy atom. The molecule has 3 N–H and O–H groups in total. The van der Waals surface area contributed by atoms with Crippen LogP contribution in [0.3, 0.4) is 0 Å². The number of carbonyl (C=O) groups excluding carboxylic acids is 1. The van der Waals surface area contributed by atoms with E-state index in [0.29, 0.717) is 12.2 Å². The summed E-state index contributed by atoms with van der Waals surface area (Å²) in [6.45, 7) is 6.02. The number of aromatic hydroxyl groups is 1. The van der Waals surface area contributed by atoms with Crippen LogP contribution in [-0.2, 0) is 11.2 Å². The normalized spacial score (nSPS) is 16.3. The second-order valence-corrected chi connectivity index (χ2v) is 4.78. The van der Waals surface area contributed by atoms with Crippen LogP contribution in [0.2, 0.25) is 0 Å². The molecule has 0 bridgehead atoms. The highest BCUT2D eigenvalue weighted by Gasteiger charge is 2.14. The molecule has 0 aromatic heterocycles. The van der Waals surface area contributed by atoms with E-state index < -0.39 is 0 Å². The van der Waals surface area contributed by atoms with Crippen LogP contribution in [0.1, 0.15) is 12.5 Å². The minimum absolute atomic E-state index is 0.0783. The first-order valence-electron chi connectivity index (χ1n) is 6.74. The molecule has 0 spiro atoms. The average molecular weight is 263 g/mol. The lowest BCUT2D eigenvalue weighted by molar-refractivity contribution is -0.117. The quantitative estimate of drug-likeness (QED) is 0.703. The number of aryl methyl sites for hydroxylation is 1. The van der Waals surface area contributed by atoms with Gasteiger partial charge < -0.3 is 15.7 Å². The first kappa shape index (κ1) is 13.8. The van der Waals surface area contributed by atoms with E-state index in [-0.39, 0.29) is 11.7 Å². The number of anilines is 1. The first-order chi connectivity index (χ1) is 9.19. The molecule has 1 aromatic rings. The smallest absolute Gasteiger partial charge is 0.238 e. The Labute approximate surface area is 113 Å². The highest BCUT2D eigenvalue weighted by Crippen LogP contribution is 2.24. The zero-order chi connectivity index (χ0) is 13.7. The summed E-state index contributed by atoms with van der Waals surface area (Å²) in [5.41, 5.74) is 1.59. The average Bonchev–Trinajstić information content (AvgIpc) is 2.42. The van der Waals surface area contributed by atoms with Crippen LogP contribution in [0.25, 0.3) is 0 Å². The van der Waals surface area contributed by atoms with Gasteiger partial charge in [0.05, 0.1) is 12.2 Å². The van der Waals surface area contributed by atoms with Crippen LogP contribution >= 0.6 is 0 Å². The lowest BCUT2D eigenvalue weighted by Crippen LogP contribution is -2.46. The Bertz CT molecular complexity index is 442. The van der Waals surface area contributed by atoms with Crippen molar-refractivity contribution in [1.82, 2.24) is 10.2 Å². The fraction of sp³-hybridized carbons (Fsp3) is 0.500. The number of carbonyl (C=O) groups is 1. The zero-order valence-corrected chi connectivity index (χ0v) is 11.3. The molecule has 5 heteroatoms. The number of phenolic OH excluding ortho intramolecular Hbond substituents is 1. The van der Waals surface area contributed by atoms with Gasteiger partial charge in [-0.05, 0) is 24.1 Å². The summed E-state index contributed by atoms with van der Waals surface area (Å²) < 4.78 is 0. The second kappa shape index (κ2) is 6.54. The summed E-state index contributed by atoms with van der Waals surface area (Å²) >= 11 is 0. The van der Waals surface area contributed by atoms with Gasteiger partial charge in [-0.3, -0.25) is 9.69 Å². The molecular formula is C14H21N3O2. The molecule has 0 saturated carbocycles. The van der Waals surface area contributed by atoms with Gasteiger partial charge in [0.25, 0.3) is 0 Å². The minimum Gasteiger partial charge on any atom is -0.506 e. The fourth-order valence-corrected chi connectivity index (χ4v) is 2.17. The molecule has 104 valence electrons. The third-order valence-corrected chi connectivity index (χ3v) is 3.32. The van der Waals surface area contributed by atoms with Gasteiger partial charge in [-0.25, -0.2) is 0 Å². The standard InChI is InChI=1S/C14H21N3O2/c1-2-11-3-4-13(18)12(9-11)16-14(19)10-17-7-5-15-6-8-17/h3-4,9,15,18H,2,5-8,10H2,1H3,(H,16,19). The topological polar surface area (TPSA) is 64.6 Å². The molecule has 0 unspecified atom stereocenters. The van der Waals surface area contributed by atoms with E-state index in [0.717, 1.165) is 38.2 Å². The molecule has 2 rings (SSSR count). The van der Waals surface area contributed by atoms with Crippen molar-refractivity contribution in [2.24, 2.45) is 0 Å². The van der Waals surface area contributed by atoms with Crippen molar-refractivity contribution >= 4 is 11.6 Å². The fourth-order valence-electron chi connectivity index (χ4n) is 2.17. The Hall–Kier alpha value is -1.59. The largest absolute Gasteiger partial charge is 0.506 e. The number of rotatable bonds is 4. The maximum Gasteiger partial charge on any atom is 0.238 e. The van der Waals surface area contributed by atoms with Gasteiger partial charge in [-0.1, -0.05) is 13.0 Å². The van der Waals surface area contributed by atoms with Gasteiger partial charge in [-0.2, -0.15) is 0 Å². The van der Waals surface area contributed by atoms with E-state index in [4.69, 9.17) is 0 Å². The second-order valence-electron chi connectivity index (χ2n) is 4.78. The Morgan fingerprint density at radius 3 is 2.84 bits per heavy atom. The maximum absolute atomic E-state index is 11.9. The number of nitrogens with one attached hydrogen (secondary N) is 2. The van der Waals surface area contributed by atoms with Gasteiger partial charge in [0.1, 0.15) is 5.75 Å². The van der Waals surface area contributed by atoms with Crippen LogP contribution in [0.4, 0.5) is 5.69 Å². The Balaban J connectivity index is 1.94. The van der Waals surface area contributed by atoms with Gasteiger partial charge in [0.15, 0.2) is 0 Å². The van der Waals surface area contributed by atoms with Crippen LogP contribution in [0.15, 0.2) is 18.2 Å². The van der Waals surface area contributed by atoms with Crippen molar-refractivity contribution in [2.75, 3.05) is 38.0 Å². The molecule has 0 aliphatic carbocycles. The van der Waals surface area contributed by atoms with E-state index in [1.807, 2.05) is 19.1 Å². The number of amides is 1. The lowest BCUT2D eigenvalue weighted by Gasteiger charge is -2.26. The summed E-state index contributed by atoms with van der Waals surface area (Å²) in [7, 11) is 0. The molecule has 1 aromatic carbocycles. The molecule has 1 aliphatic rings. The Kier molecular flexibility index (Phi) is 4.76. The van der Waals surface area contributed by atoms with Crippen molar-refractivity contribution in [3.05, 3.63) is 23.8 Å². The Morgan fingerprint density at radius 1 is 1.42 bits per heavy atom. The van der Waals surface area contributed by atoms with Crippen molar-refractivity contribution < 1.29 is 9.90 Å². The maximum atomic E-state index is 11.9. The number of piperazine rings is 1. The van der Waals surface area contributed by atoms with Gasteiger partial charge in [0.2, 0.25) is 5.91 Å². The van der Waals surface area contributed by atoms with E-state index >= 15 is 0 Å². The number of nitrogens with zero attached hydrogens (tertiary/aromatic N) is 1. The highest BCUT2D eigenvalue weighted by atomic mass is 16.3. The van der Waals surface area contributed by atoms with Crippen LogP contribution in [-0.4, -0.2) is 48.6 Å². The SMILES string of the molecule is CCc1ccc(O)c(NC(=O)CN2CCNCC2)c1. The number of phenols is 1. The summed E-state index contributed by atoms with van der Waals surface area (Å²) in [6, 6.07) is 5.31. The summed E-state index contributed by atoms with van der Waals surface area (Å²) in [6.07, 6.45) is 0.876. The minimum atomic E-state index is -0.0783. The van der Waals surface area contributed by atoms with Crippen molar-refractivity contribution in [3.8, 4) is 5.75 Å². The summed E-state index contributed by atoms with van der Waals surface area (Å²) in [5.74, 6) is 0.0383. The first-order valence-corrected chi connectivity index (χ1v) is 6.74. The third-order valence-electron chi connectivity index (χ3n) is 3.32. The lowest BCUT2D eigenvalue weighted by atomic mass is 10.1. The summed E-state index contributed by atoms with van der Waals surface area (Å²) in [4.78, 5) is 14.1. The van der Waals surface area contributed by atoms with Gasteiger partial charge >= 0.3 is 0 Å². The van der Waals surface area contributed by atoms with Crippen LogP contribution in [0.5, 0.6) is 5.75 Å². The monoisotopic (exact) mass is 263 g/mol. The van der Waals surface area contributed by atoms with E-state index in [2.05, 4.69) is 15.5 Å². The molecule has 1 aliphatic heterocycles. The number of hydrogen-bond acceptors (Lipinski definition) is 4. The number of benzene rings is 1. The van der Waals surface area contributed by atoms with E-state index in [9.17, 15) is 9.90 Å². The predicted octanol–water partition coefficient (Wildman–Crippen LogP) is 0.798. The molecule has 1 saturated heterocycles. The molecule has 0 atom stereocenters. The predicted molar refractivity (Wildman–Crippen MR) is 75.4 cm³/mol. The van der Waals surface area contributed by atoms with Gasteiger partial charge in [0, 0.05) is 26.2 Å². The van der Waals surface area contributed by atoms with Crippen molar-refractivity contribution in [2.45, 2.75) is 13.3 Å². The molecule has 19 heavy (non-hydrogen) atoms. The van der Waals surface area contributed by atoms with Crippen molar-refractivity contribution in [3.63, 3.8) is 0 Å². The van der Waals surface area contributed by atoms with E-state index in [1.165, 1.54) is 0 Å². The van der Waals surface area contributed by atoms with E-state index in [1.54, 1.807) is 6.07 Å².